The Hall–Kier alpha value is -2.53. The second-order valence-electron chi connectivity index (χ2n) is 7.68. The van der Waals surface area contributed by atoms with E-state index in [-0.39, 0.29) is 24.3 Å². The average Bonchev–Trinajstić information content (AvgIpc) is 3.15. The monoisotopic (exact) mass is 482 g/mol. The van der Waals surface area contributed by atoms with E-state index >= 15 is 0 Å². The van der Waals surface area contributed by atoms with Crippen LogP contribution < -0.4 is 26.2 Å². The van der Waals surface area contributed by atoms with Crippen LogP contribution in [0, 0.1) is 0 Å². The summed E-state index contributed by atoms with van der Waals surface area (Å²) in [4.78, 5) is 32.0. The maximum absolute atomic E-state index is 13.0. The summed E-state index contributed by atoms with van der Waals surface area (Å²) in [5, 5.41) is 14.8. The summed E-state index contributed by atoms with van der Waals surface area (Å²) < 4.78 is 9.71. The van der Waals surface area contributed by atoms with E-state index < -0.39 is 17.4 Å². The number of hydrogen-bond acceptors (Lipinski definition) is 7. The fourth-order valence-electron chi connectivity index (χ4n) is 3.76. The van der Waals surface area contributed by atoms with Gasteiger partial charge in [-0.15, -0.1) is 0 Å². The van der Waals surface area contributed by atoms with Crippen molar-refractivity contribution in [3.8, 4) is 5.75 Å². The van der Waals surface area contributed by atoms with E-state index in [9.17, 15) is 14.7 Å². The van der Waals surface area contributed by atoms with Crippen LogP contribution in [0.25, 0.3) is 11.2 Å². The molecule has 1 aromatic carbocycles. The van der Waals surface area contributed by atoms with E-state index in [0.717, 1.165) is 17.7 Å². The van der Waals surface area contributed by atoms with Crippen molar-refractivity contribution in [1.82, 2.24) is 24.0 Å². The Kier molecular flexibility index (Phi) is 6.47. The lowest BCUT2D eigenvalue weighted by molar-refractivity contribution is 0.0936. The third-order valence-electron chi connectivity index (χ3n) is 5.45. The first-order chi connectivity index (χ1) is 15.3. The Bertz CT molecular complexity index is 1260. The van der Waals surface area contributed by atoms with Crippen LogP contribution in [0.1, 0.15) is 0 Å². The zero-order valence-electron chi connectivity index (χ0n) is 17.7. The number of fused-ring (bicyclic) bond motifs is 1. The second-order valence-corrected chi connectivity index (χ2v) is 8.52. The van der Waals surface area contributed by atoms with Crippen LogP contribution in [0.4, 0.5) is 5.95 Å². The molecule has 1 aliphatic heterocycles. The number of halogens is 2. The molecule has 0 amide bonds. The molecule has 0 spiro atoms. The number of aromatic nitrogens is 4. The third-order valence-corrected chi connectivity index (χ3v) is 5.98. The Morgan fingerprint density at radius 3 is 2.59 bits per heavy atom. The number of imidazole rings is 1. The van der Waals surface area contributed by atoms with Gasteiger partial charge in [0.15, 0.2) is 11.2 Å². The van der Waals surface area contributed by atoms with Gasteiger partial charge in [-0.3, -0.25) is 13.9 Å². The van der Waals surface area contributed by atoms with Gasteiger partial charge in [0.05, 0.1) is 11.6 Å². The first kappa shape index (κ1) is 22.7. The molecule has 1 atom stereocenters. The Labute approximate surface area is 193 Å². The molecule has 1 saturated heterocycles. The van der Waals surface area contributed by atoms with Crippen molar-refractivity contribution in [2.24, 2.45) is 14.1 Å². The number of piperazine rings is 1. The van der Waals surface area contributed by atoms with Gasteiger partial charge in [0.1, 0.15) is 18.5 Å². The molecular weight excluding hydrogens is 459 g/mol. The zero-order valence-corrected chi connectivity index (χ0v) is 19.2. The van der Waals surface area contributed by atoms with Crippen LogP contribution in [0.2, 0.25) is 10.0 Å². The lowest BCUT2D eigenvalue weighted by Gasteiger charge is -2.29. The van der Waals surface area contributed by atoms with Crippen LogP contribution in [-0.4, -0.2) is 62.7 Å². The number of nitrogens with zero attached hydrogens (tertiary/aromatic N) is 5. The number of aryl methyl sites for hydroxylation is 1. The van der Waals surface area contributed by atoms with Gasteiger partial charge in [-0.1, -0.05) is 23.2 Å². The molecule has 172 valence electrons. The van der Waals surface area contributed by atoms with E-state index in [2.05, 4.69) is 10.3 Å². The maximum atomic E-state index is 13.0. The van der Waals surface area contributed by atoms with Gasteiger partial charge in [0.2, 0.25) is 5.95 Å². The van der Waals surface area contributed by atoms with Crippen molar-refractivity contribution in [2.45, 2.75) is 12.6 Å². The predicted molar refractivity (Wildman–Crippen MR) is 123 cm³/mol. The van der Waals surface area contributed by atoms with Crippen molar-refractivity contribution < 1.29 is 9.84 Å². The van der Waals surface area contributed by atoms with Crippen LogP contribution in [0.3, 0.4) is 0 Å². The molecule has 12 heteroatoms. The molecule has 0 radical (unpaired) electrons. The van der Waals surface area contributed by atoms with Crippen molar-refractivity contribution in [2.75, 3.05) is 37.7 Å². The van der Waals surface area contributed by atoms with E-state index in [0.29, 0.717) is 34.8 Å². The minimum atomic E-state index is -0.970. The summed E-state index contributed by atoms with van der Waals surface area (Å²) in [7, 11) is 3.00. The Balaban J connectivity index is 1.69. The average molecular weight is 483 g/mol. The summed E-state index contributed by atoms with van der Waals surface area (Å²) in [6.45, 7) is 2.89. The highest BCUT2D eigenvalue weighted by molar-refractivity contribution is 6.35. The standard InChI is InChI=1S/C20H24Cl2N6O4/c1-25-17-16(18(30)26(2)20(25)31)28(19(24-17)27-7-5-23-6-8-27)10-13(29)11-32-15-4-3-12(21)9-14(15)22/h3-4,9,13,23,29H,5-8,10-11H2,1-2H3/t13-/m0/s1. The minimum absolute atomic E-state index is 0.0500. The van der Waals surface area contributed by atoms with Crippen molar-refractivity contribution >= 4 is 40.3 Å². The molecule has 4 rings (SSSR count). The topological polar surface area (TPSA) is 107 Å². The van der Waals surface area contributed by atoms with Gasteiger partial charge >= 0.3 is 5.69 Å². The van der Waals surface area contributed by atoms with Crippen molar-refractivity contribution in [1.29, 1.82) is 0 Å². The molecule has 0 saturated carbocycles. The number of aliphatic hydroxyl groups is 1. The Morgan fingerprint density at radius 1 is 1.19 bits per heavy atom. The number of rotatable bonds is 6. The molecule has 10 nitrogen and oxygen atoms in total. The normalized spacial score (nSPS) is 15.3. The summed E-state index contributed by atoms with van der Waals surface area (Å²) >= 11 is 12.0. The number of benzene rings is 1. The third kappa shape index (κ3) is 4.23. The van der Waals surface area contributed by atoms with Gasteiger partial charge in [-0.05, 0) is 18.2 Å². The largest absolute Gasteiger partial charge is 0.489 e. The summed E-state index contributed by atoms with van der Waals surface area (Å²) in [5.74, 6) is 0.926. The van der Waals surface area contributed by atoms with Crippen LogP contribution in [-0.2, 0) is 20.6 Å². The highest BCUT2D eigenvalue weighted by Crippen LogP contribution is 2.28. The van der Waals surface area contributed by atoms with E-state index in [1.54, 1.807) is 29.8 Å². The summed E-state index contributed by atoms with van der Waals surface area (Å²) in [6.07, 6.45) is -0.970. The molecule has 1 fully saturated rings. The van der Waals surface area contributed by atoms with E-state index in [4.69, 9.17) is 27.9 Å². The molecular formula is C20H24Cl2N6O4. The molecule has 1 aliphatic rings. The zero-order chi connectivity index (χ0) is 23.0. The van der Waals surface area contributed by atoms with Crippen molar-refractivity contribution in [3.63, 3.8) is 0 Å². The van der Waals surface area contributed by atoms with Gasteiger partial charge in [-0.25, -0.2) is 4.79 Å². The number of hydrogen-bond donors (Lipinski definition) is 2. The molecule has 2 aromatic heterocycles. The molecule has 32 heavy (non-hydrogen) atoms. The number of nitrogens with one attached hydrogen (secondary N) is 1. The lowest BCUT2D eigenvalue weighted by Crippen LogP contribution is -2.45. The lowest BCUT2D eigenvalue weighted by atomic mass is 10.3. The molecule has 3 aromatic rings. The molecule has 3 heterocycles. The first-order valence-corrected chi connectivity index (χ1v) is 10.9. The van der Waals surface area contributed by atoms with Crippen LogP contribution in [0.5, 0.6) is 5.75 Å². The maximum Gasteiger partial charge on any atom is 0.332 e. The first-order valence-electron chi connectivity index (χ1n) is 10.2. The SMILES string of the molecule is Cn1c(=O)c2c(nc(N3CCNCC3)n2C[C@H](O)COc2ccc(Cl)cc2Cl)n(C)c1=O. The van der Waals surface area contributed by atoms with Crippen LogP contribution in [0.15, 0.2) is 27.8 Å². The molecule has 0 bridgehead atoms. The van der Waals surface area contributed by atoms with Gasteiger partial charge < -0.3 is 24.6 Å². The van der Waals surface area contributed by atoms with Gasteiger partial charge in [0.25, 0.3) is 5.56 Å². The molecule has 0 unspecified atom stereocenters. The smallest absolute Gasteiger partial charge is 0.332 e. The van der Waals surface area contributed by atoms with E-state index in [1.165, 1.54) is 11.6 Å². The summed E-state index contributed by atoms with van der Waals surface area (Å²) in [6, 6.07) is 4.83. The predicted octanol–water partition coefficient (Wildman–Crippen LogP) is 0.590. The Morgan fingerprint density at radius 2 is 1.91 bits per heavy atom. The highest BCUT2D eigenvalue weighted by atomic mass is 35.5. The van der Waals surface area contributed by atoms with Crippen LogP contribution >= 0.6 is 23.2 Å². The molecule has 2 N–H and O–H groups in total. The number of aliphatic hydroxyl groups excluding tert-OH is 1. The number of anilines is 1. The summed E-state index contributed by atoms with van der Waals surface area (Å²) in [5.41, 5.74) is -0.390. The minimum Gasteiger partial charge on any atom is -0.489 e. The van der Waals surface area contributed by atoms with Gasteiger partial charge in [0, 0.05) is 45.3 Å². The fraction of sp³-hybridized carbons (Fsp3) is 0.450. The molecule has 0 aliphatic carbocycles. The van der Waals surface area contributed by atoms with Gasteiger partial charge in [-0.2, -0.15) is 4.98 Å². The second kappa shape index (κ2) is 9.14. The quantitative estimate of drug-likeness (QED) is 0.529. The highest BCUT2D eigenvalue weighted by Gasteiger charge is 2.25. The number of ether oxygens (including phenoxy) is 1. The fourth-order valence-corrected chi connectivity index (χ4v) is 4.22. The van der Waals surface area contributed by atoms with E-state index in [1.807, 2.05) is 4.90 Å². The van der Waals surface area contributed by atoms with Crippen molar-refractivity contribution in [3.05, 3.63) is 49.1 Å².